The first-order valence-electron chi connectivity index (χ1n) is 24.3. The number of aromatic nitrogens is 4. The average molecular weight is 1150 g/mol. The van der Waals surface area contributed by atoms with E-state index in [-0.39, 0.29) is 68.0 Å². The molecule has 6 aromatic carbocycles. The Morgan fingerprint density at radius 2 is 1.21 bits per heavy atom. The van der Waals surface area contributed by atoms with Gasteiger partial charge in [0.05, 0.1) is 46.1 Å². The summed E-state index contributed by atoms with van der Waals surface area (Å²) in [5.41, 5.74) is 6.17. The van der Waals surface area contributed by atoms with Crippen molar-refractivity contribution >= 4 is 80.4 Å². The van der Waals surface area contributed by atoms with Crippen LogP contribution in [0.3, 0.4) is 0 Å². The second-order valence-corrected chi connectivity index (χ2v) is 18.5. The van der Waals surface area contributed by atoms with E-state index >= 15 is 0 Å². The number of anilines is 4. The van der Waals surface area contributed by atoms with Gasteiger partial charge in [0.15, 0.2) is 0 Å². The van der Waals surface area contributed by atoms with Crippen LogP contribution in [0.5, 0.6) is 11.5 Å². The van der Waals surface area contributed by atoms with Crippen molar-refractivity contribution in [2.45, 2.75) is 51.0 Å². The molecule has 4 heterocycles. The van der Waals surface area contributed by atoms with Gasteiger partial charge in [-0.2, -0.15) is 5.26 Å². The van der Waals surface area contributed by atoms with Gasteiger partial charge >= 0.3 is 0 Å². The molecule has 10 rings (SSSR count). The largest absolute Gasteiger partial charge is 0.487 e. The number of oxime groups is 2. The number of rotatable bonds is 19. The molecule has 2 radical (unpaired) electrons. The number of nitrogens with zero attached hydrogens (tertiary/aromatic N) is 8. The van der Waals surface area contributed by atoms with E-state index in [0.717, 1.165) is 82.2 Å². The molecule has 2 fully saturated rings. The molecule has 0 aliphatic carbocycles. The van der Waals surface area contributed by atoms with E-state index in [1.54, 1.807) is 61.0 Å². The van der Waals surface area contributed by atoms with E-state index in [9.17, 15) is 8.78 Å². The van der Waals surface area contributed by atoms with Crippen LogP contribution >= 0.6 is 23.2 Å². The third-order valence-corrected chi connectivity index (χ3v) is 12.9. The van der Waals surface area contributed by atoms with E-state index in [1.807, 2.05) is 48.5 Å². The van der Waals surface area contributed by atoms with Crippen molar-refractivity contribution < 1.29 is 65.0 Å². The van der Waals surface area contributed by atoms with Gasteiger partial charge in [-0.25, -0.2) is 28.7 Å². The maximum Gasteiger partial charge on any atom is 0.141 e. The zero-order valence-electron chi connectivity index (χ0n) is 41.4. The molecule has 2 aliphatic heterocycles. The Bertz CT molecular complexity index is 3350. The van der Waals surface area contributed by atoms with Gasteiger partial charge in [0.1, 0.15) is 73.9 Å². The molecule has 2 saturated heterocycles. The van der Waals surface area contributed by atoms with Crippen LogP contribution in [0.2, 0.25) is 10.0 Å². The van der Waals surface area contributed by atoms with Crippen molar-refractivity contribution in [1.29, 1.82) is 5.26 Å². The van der Waals surface area contributed by atoms with E-state index in [0.29, 0.717) is 64.5 Å². The molecule has 15 nitrogen and oxygen atoms in total. The Balaban J connectivity index is 0.000000219. The number of likely N-dealkylation sites (tertiary alicyclic amines) is 1. The van der Waals surface area contributed by atoms with Gasteiger partial charge in [-0.3, -0.25) is 4.90 Å². The van der Waals surface area contributed by atoms with Crippen LogP contribution < -0.4 is 25.4 Å². The zero-order valence-corrected chi connectivity index (χ0v) is 45.7. The van der Waals surface area contributed by atoms with E-state index in [1.165, 1.54) is 43.3 Å². The number of hydrogen-bond donors (Lipinski definition) is 3. The topological polar surface area (TPSA) is 176 Å². The van der Waals surface area contributed by atoms with Crippen LogP contribution in [0.4, 0.5) is 31.8 Å². The minimum atomic E-state index is -0.312. The van der Waals surface area contributed by atoms with Crippen molar-refractivity contribution in [2.75, 3.05) is 43.5 Å². The number of ether oxygens (including phenoxy) is 2. The third kappa shape index (κ3) is 16.6. The van der Waals surface area contributed by atoms with Crippen LogP contribution in [-0.4, -0.2) is 82.2 Å². The van der Waals surface area contributed by atoms with Gasteiger partial charge in [-0.1, -0.05) is 69.9 Å². The number of nitrogens with one attached hydrogen (secondary N) is 3. The fraction of sp³-hybridized carbons (Fsp3) is 0.232. The summed E-state index contributed by atoms with van der Waals surface area (Å²) in [7, 11) is 0. The summed E-state index contributed by atoms with van der Waals surface area (Å²) in [6, 6.07) is 37.5. The molecule has 2 aliphatic rings. The fourth-order valence-electron chi connectivity index (χ4n) is 8.49. The molecule has 2 aromatic heterocycles. The molecule has 0 amide bonds. The molecule has 3 N–H and O–H groups in total. The minimum Gasteiger partial charge on any atom is -0.487 e. The molecular formula is C56H51Cl2F2N11O4V2. The molecule has 0 unspecified atom stereocenters. The van der Waals surface area contributed by atoms with Crippen molar-refractivity contribution in [2.24, 2.45) is 10.3 Å². The third-order valence-electron chi connectivity index (χ3n) is 12.3. The second kappa shape index (κ2) is 29.1. The van der Waals surface area contributed by atoms with Gasteiger partial charge in [0, 0.05) is 71.3 Å². The van der Waals surface area contributed by atoms with Crippen molar-refractivity contribution in [3.63, 3.8) is 0 Å². The first-order chi connectivity index (χ1) is 36.7. The second-order valence-electron chi connectivity index (χ2n) is 17.7. The molecule has 0 saturated carbocycles. The number of benzene rings is 6. The number of fused-ring (bicyclic) bond motifs is 2. The Hall–Kier alpha value is -6.84. The van der Waals surface area contributed by atoms with Crippen LogP contribution in [-0.2, 0) is 60.0 Å². The summed E-state index contributed by atoms with van der Waals surface area (Å²) in [6.45, 7) is 3.79. The smallest absolute Gasteiger partial charge is 0.141 e. The monoisotopic (exact) mass is 1150 g/mol. The summed E-state index contributed by atoms with van der Waals surface area (Å²) in [6.07, 6.45) is 10.7. The van der Waals surface area contributed by atoms with Crippen LogP contribution in [0, 0.1) is 23.0 Å². The van der Waals surface area contributed by atoms with E-state index in [2.05, 4.69) is 57.2 Å². The zero-order chi connectivity index (χ0) is 51.8. The maximum absolute atomic E-state index is 13.4. The van der Waals surface area contributed by atoms with Gasteiger partial charge < -0.3 is 35.1 Å². The molecule has 392 valence electrons. The summed E-state index contributed by atoms with van der Waals surface area (Å²) >= 11 is 12.9. The normalized spacial score (nSPS) is 15.1. The number of hydrogen-bond acceptors (Lipinski definition) is 15. The molecule has 21 heteroatoms. The first kappa shape index (κ1) is 57.9. The summed E-state index contributed by atoms with van der Waals surface area (Å²) in [4.78, 5) is 30.7. The summed E-state index contributed by atoms with van der Waals surface area (Å²) in [5, 5.41) is 29.7. The van der Waals surface area contributed by atoms with Gasteiger partial charge in [-0.15, -0.1) is 0 Å². The van der Waals surface area contributed by atoms with Crippen LogP contribution in [0.25, 0.3) is 21.8 Å². The SMILES string of the molecule is Fc1cccc(COc2ccc(Nc3ncnc4ccc(/C=N/OC[C@@H]5CCCN5)cc34)cc2Cl)c1.N#CCN1CCC[C@H]1CO/N=C/c1ccc2ncnc(Nc3ccc(OCc4cccc(F)c4)c(Cl)c3)c2c1.[V].[V]. The predicted octanol–water partition coefficient (Wildman–Crippen LogP) is 11.9. The number of halogens is 4. The molecular weight excluding hydrogens is 1100 g/mol. The number of nitriles is 1. The predicted molar refractivity (Wildman–Crippen MR) is 288 cm³/mol. The summed E-state index contributed by atoms with van der Waals surface area (Å²) in [5.74, 6) is 1.63. The van der Waals surface area contributed by atoms with Gasteiger partial charge in [0.25, 0.3) is 0 Å². The van der Waals surface area contributed by atoms with Crippen molar-refractivity contribution in [3.05, 3.63) is 178 Å². The Labute approximate surface area is 478 Å². The van der Waals surface area contributed by atoms with Gasteiger partial charge in [0.2, 0.25) is 0 Å². The minimum absolute atomic E-state index is 0. The molecule has 8 aromatic rings. The van der Waals surface area contributed by atoms with Crippen molar-refractivity contribution in [1.82, 2.24) is 30.2 Å². The molecule has 0 bridgehead atoms. The Morgan fingerprint density at radius 1 is 0.662 bits per heavy atom. The van der Waals surface area contributed by atoms with Crippen LogP contribution in [0.15, 0.2) is 144 Å². The first-order valence-corrected chi connectivity index (χ1v) is 25.0. The van der Waals surface area contributed by atoms with Gasteiger partial charge in [-0.05, 0) is 146 Å². The summed E-state index contributed by atoms with van der Waals surface area (Å²) < 4.78 is 38.3. The quantitative estimate of drug-likeness (QED) is 0.0396. The average Bonchev–Trinajstić information content (AvgIpc) is 4.12. The molecule has 77 heavy (non-hydrogen) atoms. The van der Waals surface area contributed by atoms with Crippen LogP contribution in [0.1, 0.15) is 47.9 Å². The van der Waals surface area contributed by atoms with E-state index < -0.39 is 0 Å². The Morgan fingerprint density at radius 3 is 1.70 bits per heavy atom. The maximum atomic E-state index is 13.4. The van der Waals surface area contributed by atoms with E-state index in [4.69, 9.17) is 47.6 Å². The Kier molecular flexibility index (Phi) is 21.8. The fourth-order valence-corrected chi connectivity index (χ4v) is 8.96. The molecule has 2 atom stereocenters. The van der Waals surface area contributed by atoms with Crippen molar-refractivity contribution in [3.8, 4) is 17.6 Å². The standard InChI is InChI=1S/C29H26ClFN6O2.C27H25ClFN5O2.2V/c30-26-15-23(7-9-28(26)38-17-21-3-1-4-22(31)13-21)36-29-25-14-20(6-8-27(25)33-19-34-29)16-35-39-18-24-5-2-11-37(24)12-10-32;28-24-13-21(7-9-26(24)35-15-19-3-1-4-20(29)11-19)34-27-23-12-18(6-8-25(23)31-17-32-27)14-33-36-16-22-5-2-10-30-22;;/h1,3-4,6-9,13-16,19,24H,2,5,11-12,17-18H2,(H,33,34,36);1,3-4,6-9,11-14,17,22,30H,2,5,10,15-16H2,(H,31,32,34);;/b35-16+;33-14+;;/t24-;22-;;/m00../s1. The molecule has 0 spiro atoms.